The summed E-state index contributed by atoms with van der Waals surface area (Å²) in [5, 5.41) is 0.151. The van der Waals surface area contributed by atoms with Gasteiger partial charge in [-0.15, -0.1) is 0 Å². The van der Waals surface area contributed by atoms with Crippen LogP contribution >= 0.6 is 27.5 Å². The monoisotopic (exact) mass is 354 g/mol. The zero-order valence-corrected chi connectivity index (χ0v) is 14.1. The molecule has 0 aliphatic carbocycles. The summed E-state index contributed by atoms with van der Waals surface area (Å²) in [5.74, 6) is -0.391. The van der Waals surface area contributed by atoms with Gasteiger partial charge in [-0.3, -0.25) is 0 Å². The largest absolute Gasteiger partial charge is 0.205 e. The molecule has 0 saturated carbocycles. The third-order valence-electron chi connectivity index (χ3n) is 3.31. The van der Waals surface area contributed by atoms with Crippen molar-refractivity contribution in [3.05, 3.63) is 70.0 Å². The molecule has 0 saturated heterocycles. The first-order valence-corrected chi connectivity index (χ1v) is 7.78. The zero-order chi connectivity index (χ0) is 14.9. The van der Waals surface area contributed by atoms with E-state index in [0.717, 1.165) is 11.1 Å². The van der Waals surface area contributed by atoms with Crippen molar-refractivity contribution < 1.29 is 4.39 Å². The van der Waals surface area contributed by atoms with E-state index in [0.29, 0.717) is 0 Å². The lowest BCUT2D eigenvalue weighted by Crippen LogP contribution is -2.10. The summed E-state index contributed by atoms with van der Waals surface area (Å²) >= 11 is 9.48. The number of halogens is 3. The second kappa shape index (κ2) is 5.87. The molecule has 2 aromatic carbocycles. The molecule has 106 valence electrons. The lowest BCUT2D eigenvalue weighted by molar-refractivity contribution is 0.590. The van der Waals surface area contributed by atoms with Crippen LogP contribution in [0.25, 0.3) is 0 Å². The van der Waals surface area contributed by atoms with E-state index in [4.69, 9.17) is 11.6 Å². The fourth-order valence-electron chi connectivity index (χ4n) is 2.01. The smallest absolute Gasteiger partial charge is 0.141 e. The predicted octanol–water partition coefficient (Wildman–Crippen LogP) is 6.26. The number of hydrogen-bond donors (Lipinski definition) is 0. The van der Waals surface area contributed by atoms with Gasteiger partial charge in [0.15, 0.2) is 0 Å². The van der Waals surface area contributed by atoms with E-state index in [1.165, 1.54) is 11.6 Å². The van der Waals surface area contributed by atoms with Crippen molar-refractivity contribution in [3.8, 4) is 0 Å². The van der Waals surface area contributed by atoms with Gasteiger partial charge in [0, 0.05) is 0 Å². The molecule has 0 N–H and O–H groups in total. The van der Waals surface area contributed by atoms with Crippen LogP contribution in [-0.4, -0.2) is 0 Å². The molecule has 0 spiro atoms. The first kappa shape index (κ1) is 15.5. The maximum Gasteiger partial charge on any atom is 0.141 e. The van der Waals surface area contributed by atoms with Gasteiger partial charge in [-0.1, -0.05) is 78.6 Å². The minimum atomic E-state index is -0.391. The minimum Gasteiger partial charge on any atom is -0.205 e. The van der Waals surface area contributed by atoms with Crippen LogP contribution in [0.5, 0.6) is 0 Å². The standard InChI is InChI=1S/C17H17BrClF/c1-17(2,3)13-7-4-11(5-8-13)16(18)12-6-9-15(20)14(19)10-12/h4-10,16H,1-3H3. The Bertz CT molecular complexity index is 599. The number of benzene rings is 2. The van der Waals surface area contributed by atoms with Gasteiger partial charge in [0.2, 0.25) is 0 Å². The Morgan fingerprint density at radius 3 is 2.05 bits per heavy atom. The predicted molar refractivity (Wildman–Crippen MR) is 87.3 cm³/mol. The van der Waals surface area contributed by atoms with Gasteiger partial charge in [0.05, 0.1) is 9.85 Å². The molecule has 0 aromatic heterocycles. The number of rotatable bonds is 2. The maximum atomic E-state index is 13.2. The summed E-state index contributed by atoms with van der Waals surface area (Å²) in [6.45, 7) is 6.56. The summed E-state index contributed by atoms with van der Waals surface area (Å²) < 4.78 is 13.2. The SMILES string of the molecule is CC(C)(C)c1ccc(C(Br)c2ccc(F)c(Cl)c2)cc1. The lowest BCUT2D eigenvalue weighted by Gasteiger charge is -2.20. The van der Waals surface area contributed by atoms with Gasteiger partial charge in [-0.2, -0.15) is 0 Å². The molecule has 2 rings (SSSR count). The minimum absolute atomic E-state index is 0.00891. The lowest BCUT2D eigenvalue weighted by atomic mass is 9.86. The molecule has 0 aliphatic rings. The van der Waals surface area contributed by atoms with Crippen molar-refractivity contribution in [1.82, 2.24) is 0 Å². The summed E-state index contributed by atoms with van der Waals surface area (Å²) in [5.41, 5.74) is 3.50. The highest BCUT2D eigenvalue weighted by molar-refractivity contribution is 9.09. The van der Waals surface area contributed by atoms with Gasteiger partial charge in [0.25, 0.3) is 0 Å². The Labute approximate surface area is 133 Å². The molecule has 0 bridgehead atoms. The average Bonchev–Trinajstić information content (AvgIpc) is 2.40. The van der Waals surface area contributed by atoms with Crippen LogP contribution in [0, 0.1) is 5.82 Å². The Kier molecular flexibility index (Phi) is 4.55. The Hall–Kier alpha value is -0.860. The van der Waals surface area contributed by atoms with E-state index in [9.17, 15) is 4.39 Å². The van der Waals surface area contributed by atoms with Crippen LogP contribution in [0.2, 0.25) is 5.02 Å². The molecule has 0 fully saturated rings. The second-order valence-electron chi connectivity index (χ2n) is 5.91. The summed E-state index contributed by atoms with van der Waals surface area (Å²) in [6.07, 6.45) is 0. The molecule has 20 heavy (non-hydrogen) atoms. The average molecular weight is 356 g/mol. The van der Waals surface area contributed by atoms with Crippen LogP contribution < -0.4 is 0 Å². The van der Waals surface area contributed by atoms with Gasteiger partial charge in [-0.05, 0) is 34.2 Å². The second-order valence-corrected chi connectivity index (χ2v) is 7.23. The molecule has 0 heterocycles. The third kappa shape index (κ3) is 3.42. The summed E-state index contributed by atoms with van der Waals surface area (Å²) in [7, 11) is 0. The van der Waals surface area contributed by atoms with Crippen molar-refractivity contribution in [2.24, 2.45) is 0 Å². The topological polar surface area (TPSA) is 0 Å². The quantitative estimate of drug-likeness (QED) is 0.558. The molecular weight excluding hydrogens is 339 g/mol. The van der Waals surface area contributed by atoms with Crippen LogP contribution in [-0.2, 0) is 5.41 Å². The Morgan fingerprint density at radius 1 is 1.00 bits per heavy atom. The molecule has 3 heteroatoms. The van der Waals surface area contributed by atoms with Crippen LogP contribution in [0.4, 0.5) is 4.39 Å². The molecule has 0 radical (unpaired) electrons. The van der Waals surface area contributed by atoms with E-state index in [1.807, 2.05) is 0 Å². The van der Waals surface area contributed by atoms with E-state index in [-0.39, 0.29) is 15.3 Å². The van der Waals surface area contributed by atoms with Crippen LogP contribution in [0.3, 0.4) is 0 Å². The highest BCUT2D eigenvalue weighted by Crippen LogP contribution is 2.34. The molecule has 2 aromatic rings. The zero-order valence-electron chi connectivity index (χ0n) is 11.8. The molecule has 0 nitrogen and oxygen atoms in total. The maximum absolute atomic E-state index is 13.2. The Balaban J connectivity index is 2.29. The molecule has 0 aliphatic heterocycles. The van der Waals surface area contributed by atoms with Crippen molar-refractivity contribution in [2.45, 2.75) is 31.0 Å². The third-order valence-corrected chi connectivity index (χ3v) is 4.65. The van der Waals surface area contributed by atoms with Crippen LogP contribution in [0.15, 0.2) is 42.5 Å². The highest BCUT2D eigenvalue weighted by Gasteiger charge is 2.16. The first-order valence-electron chi connectivity index (χ1n) is 6.48. The van der Waals surface area contributed by atoms with Gasteiger partial charge in [-0.25, -0.2) is 4.39 Å². The van der Waals surface area contributed by atoms with Gasteiger partial charge >= 0.3 is 0 Å². The number of alkyl halides is 1. The summed E-state index contributed by atoms with van der Waals surface area (Å²) in [6, 6.07) is 13.3. The highest BCUT2D eigenvalue weighted by atomic mass is 79.9. The Morgan fingerprint density at radius 2 is 1.55 bits per heavy atom. The van der Waals surface area contributed by atoms with Gasteiger partial charge < -0.3 is 0 Å². The van der Waals surface area contributed by atoms with E-state index >= 15 is 0 Å². The van der Waals surface area contributed by atoms with Crippen molar-refractivity contribution >= 4 is 27.5 Å². The number of hydrogen-bond acceptors (Lipinski definition) is 0. The summed E-state index contributed by atoms with van der Waals surface area (Å²) in [4.78, 5) is 0.00891. The fraction of sp³-hybridized carbons (Fsp3) is 0.294. The molecule has 1 atom stereocenters. The van der Waals surface area contributed by atoms with E-state index in [1.54, 1.807) is 12.1 Å². The molecule has 1 unspecified atom stereocenters. The van der Waals surface area contributed by atoms with E-state index in [2.05, 4.69) is 61.0 Å². The van der Waals surface area contributed by atoms with Crippen molar-refractivity contribution in [3.63, 3.8) is 0 Å². The molecular formula is C17H17BrClF. The first-order chi connectivity index (χ1) is 9.29. The van der Waals surface area contributed by atoms with Crippen molar-refractivity contribution in [2.75, 3.05) is 0 Å². The molecule has 0 amide bonds. The van der Waals surface area contributed by atoms with Crippen molar-refractivity contribution in [1.29, 1.82) is 0 Å². The fourth-order valence-corrected chi connectivity index (χ4v) is 2.79. The van der Waals surface area contributed by atoms with Gasteiger partial charge in [0.1, 0.15) is 5.82 Å². The normalized spacial score (nSPS) is 13.3. The van der Waals surface area contributed by atoms with E-state index < -0.39 is 5.82 Å². The van der Waals surface area contributed by atoms with Crippen LogP contribution in [0.1, 0.15) is 42.3 Å².